The lowest BCUT2D eigenvalue weighted by atomic mass is 10.2. The summed E-state index contributed by atoms with van der Waals surface area (Å²) in [7, 11) is 0. The Morgan fingerprint density at radius 1 is 1.47 bits per heavy atom. The van der Waals surface area contributed by atoms with Crippen LogP contribution in [0.4, 0.5) is 19.3 Å². The van der Waals surface area contributed by atoms with E-state index in [0.29, 0.717) is 4.43 Å². The maximum Gasteiger partial charge on any atom is 0.414 e. The van der Waals surface area contributed by atoms with Gasteiger partial charge in [0.25, 0.3) is 0 Å². The predicted molar refractivity (Wildman–Crippen MR) is 70.6 cm³/mol. The SMILES string of the molecule is O=C1OC(CI)CN1c1c(F)cc(Br)cc1F. The zero-order valence-electron chi connectivity index (χ0n) is 8.42. The summed E-state index contributed by atoms with van der Waals surface area (Å²) in [6.07, 6.45) is -1.04. The van der Waals surface area contributed by atoms with E-state index in [4.69, 9.17) is 4.74 Å². The number of benzene rings is 1. The molecule has 0 spiro atoms. The first kappa shape index (κ1) is 13.0. The summed E-state index contributed by atoms with van der Waals surface area (Å²) in [6.45, 7) is 0.164. The van der Waals surface area contributed by atoms with Gasteiger partial charge in [-0.2, -0.15) is 0 Å². The highest BCUT2D eigenvalue weighted by Gasteiger charge is 2.35. The Hall–Kier alpha value is -0.440. The van der Waals surface area contributed by atoms with Gasteiger partial charge in [-0.25, -0.2) is 13.6 Å². The van der Waals surface area contributed by atoms with Crippen LogP contribution >= 0.6 is 38.5 Å². The first-order valence-corrected chi connectivity index (χ1v) is 7.03. The van der Waals surface area contributed by atoms with Crippen LogP contribution in [0.2, 0.25) is 0 Å². The summed E-state index contributed by atoms with van der Waals surface area (Å²) in [5, 5.41) is 0. The molecule has 0 aliphatic carbocycles. The van der Waals surface area contributed by atoms with Gasteiger partial charge in [0, 0.05) is 8.90 Å². The highest BCUT2D eigenvalue weighted by atomic mass is 127. The van der Waals surface area contributed by atoms with E-state index < -0.39 is 17.7 Å². The fourth-order valence-electron chi connectivity index (χ4n) is 1.58. The molecule has 1 aliphatic rings. The second-order valence-electron chi connectivity index (χ2n) is 3.49. The van der Waals surface area contributed by atoms with Crippen LogP contribution in [-0.2, 0) is 4.74 Å². The topological polar surface area (TPSA) is 29.5 Å². The smallest absolute Gasteiger partial charge is 0.414 e. The van der Waals surface area contributed by atoms with Crippen molar-refractivity contribution in [1.82, 2.24) is 0 Å². The van der Waals surface area contributed by atoms with Crippen molar-refractivity contribution < 1.29 is 18.3 Å². The number of ether oxygens (including phenoxy) is 1. The van der Waals surface area contributed by atoms with E-state index in [1.54, 1.807) is 0 Å². The second-order valence-corrected chi connectivity index (χ2v) is 5.29. The Labute approximate surface area is 118 Å². The van der Waals surface area contributed by atoms with Gasteiger partial charge in [-0.05, 0) is 12.1 Å². The van der Waals surface area contributed by atoms with Crippen LogP contribution in [0.1, 0.15) is 0 Å². The van der Waals surface area contributed by atoms with E-state index >= 15 is 0 Å². The molecule has 0 saturated carbocycles. The molecule has 2 rings (SSSR count). The first-order chi connectivity index (χ1) is 8.02. The molecule has 1 aromatic rings. The van der Waals surface area contributed by atoms with Crippen LogP contribution in [0.15, 0.2) is 16.6 Å². The van der Waals surface area contributed by atoms with E-state index in [1.807, 2.05) is 0 Å². The lowest BCUT2D eigenvalue weighted by molar-refractivity contribution is 0.152. The number of carbonyl (C=O) groups excluding carboxylic acids is 1. The monoisotopic (exact) mass is 417 g/mol. The fourth-order valence-corrected chi connectivity index (χ4v) is 2.44. The van der Waals surface area contributed by atoms with Crippen molar-refractivity contribution in [2.45, 2.75) is 6.10 Å². The molecule has 1 heterocycles. The van der Waals surface area contributed by atoms with E-state index in [-0.39, 0.29) is 22.8 Å². The lowest BCUT2D eigenvalue weighted by Gasteiger charge is -2.14. The van der Waals surface area contributed by atoms with Crippen molar-refractivity contribution >= 4 is 50.3 Å². The number of amides is 1. The van der Waals surface area contributed by atoms with Gasteiger partial charge < -0.3 is 4.74 Å². The maximum absolute atomic E-state index is 13.6. The van der Waals surface area contributed by atoms with Gasteiger partial charge in [-0.15, -0.1) is 0 Å². The summed E-state index contributed by atoms with van der Waals surface area (Å²) in [4.78, 5) is 12.5. The summed E-state index contributed by atoms with van der Waals surface area (Å²) in [5.41, 5.74) is -0.356. The normalized spacial score (nSPS) is 19.6. The third kappa shape index (κ3) is 2.54. The van der Waals surface area contributed by atoms with Gasteiger partial charge in [0.2, 0.25) is 0 Å². The molecule has 7 heteroatoms. The minimum atomic E-state index is -0.789. The van der Waals surface area contributed by atoms with Gasteiger partial charge in [-0.1, -0.05) is 38.5 Å². The van der Waals surface area contributed by atoms with E-state index in [0.717, 1.165) is 17.0 Å². The van der Waals surface area contributed by atoms with Crippen molar-refractivity contribution in [2.24, 2.45) is 0 Å². The highest BCUT2D eigenvalue weighted by Crippen LogP contribution is 2.30. The molecule has 1 unspecified atom stereocenters. The zero-order chi connectivity index (χ0) is 12.6. The molecule has 1 fully saturated rings. The molecule has 1 saturated heterocycles. The molecule has 1 aromatic carbocycles. The van der Waals surface area contributed by atoms with Crippen molar-refractivity contribution in [3.05, 3.63) is 28.2 Å². The van der Waals surface area contributed by atoms with Gasteiger partial charge in [0.05, 0.1) is 6.54 Å². The molecule has 92 valence electrons. The average Bonchev–Trinajstić information content (AvgIpc) is 2.59. The summed E-state index contributed by atoms with van der Waals surface area (Å²) in [5.74, 6) is -1.58. The summed E-state index contributed by atoms with van der Waals surface area (Å²) in [6, 6.07) is 2.23. The van der Waals surface area contributed by atoms with Crippen molar-refractivity contribution in [3.63, 3.8) is 0 Å². The molecular formula is C10H7BrF2INO2. The Bertz CT molecular complexity index is 449. The molecule has 0 N–H and O–H groups in total. The Kier molecular flexibility index (Phi) is 3.86. The molecule has 0 aromatic heterocycles. The Balaban J connectivity index is 2.38. The molecule has 1 amide bonds. The number of hydrogen-bond donors (Lipinski definition) is 0. The molecule has 3 nitrogen and oxygen atoms in total. The van der Waals surface area contributed by atoms with Crippen molar-refractivity contribution in [2.75, 3.05) is 15.9 Å². The summed E-state index contributed by atoms with van der Waals surface area (Å²) >= 11 is 5.03. The number of cyclic esters (lactones) is 1. The first-order valence-electron chi connectivity index (χ1n) is 4.71. The number of rotatable bonds is 2. The van der Waals surface area contributed by atoms with Crippen LogP contribution in [0, 0.1) is 11.6 Å². The Morgan fingerprint density at radius 2 is 2.06 bits per heavy atom. The summed E-state index contributed by atoms with van der Waals surface area (Å²) < 4.78 is 33.1. The highest BCUT2D eigenvalue weighted by molar-refractivity contribution is 14.1. The standard InChI is InChI=1S/C10H7BrF2INO2/c11-5-1-7(12)9(8(13)2-5)15-4-6(3-14)17-10(15)16/h1-2,6H,3-4H2. The van der Waals surface area contributed by atoms with Crippen molar-refractivity contribution in [3.8, 4) is 0 Å². The van der Waals surface area contributed by atoms with Gasteiger partial charge in [0.15, 0.2) is 11.6 Å². The van der Waals surface area contributed by atoms with E-state index in [2.05, 4.69) is 38.5 Å². The zero-order valence-corrected chi connectivity index (χ0v) is 12.2. The quantitative estimate of drug-likeness (QED) is 0.544. The number of halogens is 4. The largest absolute Gasteiger partial charge is 0.443 e. The number of alkyl halides is 1. The number of hydrogen-bond acceptors (Lipinski definition) is 2. The average molecular weight is 418 g/mol. The van der Waals surface area contributed by atoms with Crippen LogP contribution in [0.25, 0.3) is 0 Å². The second kappa shape index (κ2) is 5.05. The van der Waals surface area contributed by atoms with Crippen LogP contribution in [-0.4, -0.2) is 23.2 Å². The van der Waals surface area contributed by atoms with Crippen LogP contribution < -0.4 is 4.90 Å². The van der Waals surface area contributed by atoms with E-state index in [1.165, 1.54) is 0 Å². The molecular weight excluding hydrogens is 411 g/mol. The number of carbonyl (C=O) groups is 1. The Morgan fingerprint density at radius 3 is 2.53 bits per heavy atom. The third-order valence-corrected chi connectivity index (χ3v) is 3.74. The fraction of sp³-hybridized carbons (Fsp3) is 0.300. The molecule has 17 heavy (non-hydrogen) atoms. The van der Waals surface area contributed by atoms with E-state index in [9.17, 15) is 13.6 Å². The predicted octanol–water partition coefficient (Wildman–Crippen LogP) is 3.49. The lowest BCUT2D eigenvalue weighted by Crippen LogP contribution is -2.26. The number of nitrogens with zero attached hydrogens (tertiary/aromatic N) is 1. The maximum atomic E-state index is 13.6. The molecule has 0 radical (unpaired) electrons. The van der Waals surface area contributed by atoms with Crippen molar-refractivity contribution in [1.29, 1.82) is 0 Å². The minimum absolute atomic E-state index is 0.164. The molecule has 1 aliphatic heterocycles. The van der Waals surface area contributed by atoms with Crippen LogP contribution in [0.5, 0.6) is 0 Å². The van der Waals surface area contributed by atoms with Gasteiger partial charge >= 0.3 is 6.09 Å². The van der Waals surface area contributed by atoms with Crippen LogP contribution in [0.3, 0.4) is 0 Å². The minimum Gasteiger partial charge on any atom is -0.443 e. The van der Waals surface area contributed by atoms with Gasteiger partial charge in [-0.3, -0.25) is 4.90 Å². The van der Waals surface area contributed by atoms with Gasteiger partial charge in [0.1, 0.15) is 11.8 Å². The number of anilines is 1. The molecule has 1 atom stereocenters. The molecule has 0 bridgehead atoms. The third-order valence-electron chi connectivity index (χ3n) is 2.30.